The van der Waals surface area contributed by atoms with Crippen LogP contribution in [0.1, 0.15) is 47.3 Å². The fraction of sp³-hybridized carbons (Fsp3) is 0.312. The van der Waals surface area contributed by atoms with Gasteiger partial charge in [0.1, 0.15) is 18.0 Å². The van der Waals surface area contributed by atoms with Crippen LogP contribution in [-0.4, -0.2) is 23.2 Å². The molecule has 2 aromatic rings. The van der Waals surface area contributed by atoms with Gasteiger partial charge in [-0.2, -0.15) is 5.26 Å². The maximum Gasteiger partial charge on any atom is 0.220 e. The summed E-state index contributed by atoms with van der Waals surface area (Å²) in [7, 11) is 0. The molecule has 1 aromatic heterocycles. The highest BCUT2D eigenvalue weighted by Crippen LogP contribution is 2.33. The van der Waals surface area contributed by atoms with E-state index in [9.17, 15) is 9.59 Å². The number of rotatable bonds is 3. The third kappa shape index (κ3) is 2.19. The molecule has 0 radical (unpaired) electrons. The molecule has 1 fully saturated rings. The number of fused-ring (bicyclic) bond motifs is 1. The second kappa shape index (κ2) is 5.06. The number of aldehydes is 1. The monoisotopic (exact) mass is 281 g/mol. The largest absolute Gasteiger partial charge is 0.353 e. The Morgan fingerprint density at radius 1 is 1.48 bits per heavy atom. The van der Waals surface area contributed by atoms with Crippen LogP contribution >= 0.6 is 0 Å². The number of benzene rings is 1. The highest BCUT2D eigenvalue weighted by molar-refractivity contribution is 5.93. The maximum absolute atomic E-state index is 11.4. The van der Waals surface area contributed by atoms with Gasteiger partial charge in [0.05, 0.1) is 0 Å². The van der Waals surface area contributed by atoms with Crippen molar-refractivity contribution in [3.8, 4) is 6.07 Å². The first-order valence-corrected chi connectivity index (χ1v) is 6.94. The standard InChI is InChI=1S/C16H15N3O2/c1-9(13-4-5-15(21)19-13)16-10(8-20)2-3-14-12(16)6-11(7-17)18-14/h2-3,6,8-9,13,18H,4-5H2,1H3,(H,19,21)/t9?,13-/m1/s1. The molecule has 0 spiro atoms. The molecular weight excluding hydrogens is 266 g/mol. The molecule has 1 aromatic carbocycles. The zero-order valence-corrected chi connectivity index (χ0v) is 11.6. The summed E-state index contributed by atoms with van der Waals surface area (Å²) in [5.74, 6) is 0.0705. The lowest BCUT2D eigenvalue weighted by atomic mass is 9.87. The Morgan fingerprint density at radius 3 is 2.90 bits per heavy atom. The summed E-state index contributed by atoms with van der Waals surface area (Å²) in [5, 5.41) is 12.9. The lowest BCUT2D eigenvalue weighted by molar-refractivity contribution is -0.119. The first-order chi connectivity index (χ1) is 10.1. The van der Waals surface area contributed by atoms with E-state index in [1.165, 1.54) is 0 Å². The molecule has 1 aliphatic heterocycles. The Kier molecular flexibility index (Phi) is 3.22. The third-order valence-corrected chi connectivity index (χ3v) is 4.21. The van der Waals surface area contributed by atoms with Crippen molar-refractivity contribution in [2.24, 2.45) is 0 Å². The molecule has 5 nitrogen and oxygen atoms in total. The summed E-state index contributed by atoms with van der Waals surface area (Å²) in [4.78, 5) is 25.8. The van der Waals surface area contributed by atoms with Crippen LogP contribution in [0.4, 0.5) is 0 Å². The third-order valence-electron chi connectivity index (χ3n) is 4.21. The van der Waals surface area contributed by atoms with Crippen molar-refractivity contribution in [3.05, 3.63) is 35.0 Å². The highest BCUT2D eigenvalue weighted by Gasteiger charge is 2.29. The van der Waals surface area contributed by atoms with Crippen LogP contribution < -0.4 is 5.32 Å². The van der Waals surface area contributed by atoms with E-state index in [0.717, 1.165) is 29.2 Å². The van der Waals surface area contributed by atoms with Gasteiger partial charge < -0.3 is 10.3 Å². The molecular formula is C16H15N3O2. The highest BCUT2D eigenvalue weighted by atomic mass is 16.2. The van der Waals surface area contributed by atoms with Crippen molar-refractivity contribution in [1.29, 1.82) is 5.26 Å². The molecule has 0 aliphatic carbocycles. The van der Waals surface area contributed by atoms with E-state index in [1.54, 1.807) is 12.1 Å². The number of amides is 1. The molecule has 2 heterocycles. The van der Waals surface area contributed by atoms with Gasteiger partial charge in [-0.25, -0.2) is 0 Å². The van der Waals surface area contributed by atoms with Gasteiger partial charge in [0.25, 0.3) is 0 Å². The quantitative estimate of drug-likeness (QED) is 0.846. The second-order valence-electron chi connectivity index (χ2n) is 5.44. The summed E-state index contributed by atoms with van der Waals surface area (Å²) >= 11 is 0. The van der Waals surface area contributed by atoms with Gasteiger partial charge in [-0.05, 0) is 30.2 Å². The van der Waals surface area contributed by atoms with Gasteiger partial charge in [0, 0.05) is 34.8 Å². The number of carbonyl (C=O) groups excluding carboxylic acids is 2. The summed E-state index contributed by atoms with van der Waals surface area (Å²) in [6.07, 6.45) is 2.13. The van der Waals surface area contributed by atoms with Gasteiger partial charge >= 0.3 is 0 Å². The van der Waals surface area contributed by atoms with Crippen LogP contribution in [0.25, 0.3) is 10.9 Å². The topological polar surface area (TPSA) is 85.8 Å². The van der Waals surface area contributed by atoms with Crippen LogP contribution in [-0.2, 0) is 4.79 Å². The number of nitriles is 1. The van der Waals surface area contributed by atoms with Crippen molar-refractivity contribution >= 4 is 23.1 Å². The Labute approximate surface area is 122 Å². The number of H-pyrrole nitrogens is 1. The average Bonchev–Trinajstić information content (AvgIpc) is 3.10. The summed E-state index contributed by atoms with van der Waals surface area (Å²) in [6, 6.07) is 7.45. The molecule has 0 saturated carbocycles. The number of aromatic amines is 1. The molecule has 2 atom stereocenters. The fourth-order valence-electron chi connectivity index (χ4n) is 3.13. The van der Waals surface area contributed by atoms with Crippen LogP contribution in [0.5, 0.6) is 0 Å². The molecule has 3 rings (SSSR count). The molecule has 21 heavy (non-hydrogen) atoms. The lowest BCUT2D eigenvalue weighted by Gasteiger charge is -2.22. The van der Waals surface area contributed by atoms with Crippen molar-refractivity contribution < 1.29 is 9.59 Å². The van der Waals surface area contributed by atoms with Gasteiger partial charge in [-0.1, -0.05) is 6.92 Å². The summed E-state index contributed by atoms with van der Waals surface area (Å²) < 4.78 is 0. The van der Waals surface area contributed by atoms with Crippen molar-refractivity contribution in [3.63, 3.8) is 0 Å². The van der Waals surface area contributed by atoms with Gasteiger partial charge in [0.2, 0.25) is 5.91 Å². The summed E-state index contributed by atoms with van der Waals surface area (Å²) in [5.41, 5.74) is 2.81. The van der Waals surface area contributed by atoms with Crippen LogP contribution in [0.3, 0.4) is 0 Å². The van der Waals surface area contributed by atoms with Crippen molar-refractivity contribution in [1.82, 2.24) is 10.3 Å². The minimum absolute atomic E-state index is 0.0164. The molecule has 1 amide bonds. The van der Waals surface area contributed by atoms with E-state index in [1.807, 2.05) is 13.0 Å². The van der Waals surface area contributed by atoms with Gasteiger partial charge in [-0.3, -0.25) is 9.59 Å². The molecule has 2 N–H and O–H groups in total. The van der Waals surface area contributed by atoms with Crippen molar-refractivity contribution in [2.75, 3.05) is 0 Å². The van der Waals surface area contributed by atoms with E-state index < -0.39 is 0 Å². The molecule has 1 unspecified atom stereocenters. The van der Waals surface area contributed by atoms with Crippen LogP contribution in [0.15, 0.2) is 18.2 Å². The number of hydrogen-bond donors (Lipinski definition) is 2. The SMILES string of the molecule is CC(c1c(C=O)ccc2[nH]c(C#N)cc12)[C@H]1CCC(=O)N1. The Morgan fingerprint density at radius 2 is 2.29 bits per heavy atom. The van der Waals surface area contributed by atoms with Crippen molar-refractivity contribution in [2.45, 2.75) is 31.7 Å². The predicted octanol–water partition coefficient (Wildman–Crippen LogP) is 2.23. The molecule has 1 aliphatic rings. The molecule has 5 heteroatoms. The fourth-order valence-corrected chi connectivity index (χ4v) is 3.13. The molecule has 0 bridgehead atoms. The van der Waals surface area contributed by atoms with E-state index in [2.05, 4.69) is 16.4 Å². The number of carbonyl (C=O) groups is 2. The van der Waals surface area contributed by atoms with E-state index in [4.69, 9.17) is 5.26 Å². The summed E-state index contributed by atoms with van der Waals surface area (Å²) in [6.45, 7) is 2.01. The second-order valence-corrected chi connectivity index (χ2v) is 5.44. The number of nitrogens with zero attached hydrogens (tertiary/aromatic N) is 1. The number of hydrogen-bond acceptors (Lipinski definition) is 3. The predicted molar refractivity (Wildman–Crippen MR) is 78.0 cm³/mol. The first kappa shape index (κ1) is 13.4. The number of nitrogens with one attached hydrogen (secondary N) is 2. The molecule has 1 saturated heterocycles. The van der Waals surface area contributed by atoms with Gasteiger partial charge in [0.15, 0.2) is 0 Å². The molecule has 106 valence electrons. The zero-order chi connectivity index (χ0) is 15.0. The Balaban J connectivity index is 2.14. The van der Waals surface area contributed by atoms with E-state index >= 15 is 0 Å². The first-order valence-electron chi connectivity index (χ1n) is 6.94. The van der Waals surface area contributed by atoms with E-state index in [0.29, 0.717) is 17.7 Å². The van der Waals surface area contributed by atoms with E-state index in [-0.39, 0.29) is 17.9 Å². The van der Waals surface area contributed by atoms with Gasteiger partial charge in [-0.15, -0.1) is 0 Å². The average molecular weight is 281 g/mol. The number of aromatic nitrogens is 1. The zero-order valence-electron chi connectivity index (χ0n) is 11.6. The maximum atomic E-state index is 11.4. The smallest absolute Gasteiger partial charge is 0.220 e. The normalized spacial score (nSPS) is 19.2. The lowest BCUT2D eigenvalue weighted by Crippen LogP contribution is -2.30. The van der Waals surface area contributed by atoms with Crippen LogP contribution in [0.2, 0.25) is 0 Å². The minimum atomic E-state index is 0.0164. The Hall–Kier alpha value is -2.61. The Bertz CT molecular complexity index is 770. The van der Waals surface area contributed by atoms with Crippen LogP contribution in [0, 0.1) is 11.3 Å². The minimum Gasteiger partial charge on any atom is -0.353 e.